The maximum atomic E-state index is 12.4. The van der Waals surface area contributed by atoms with Gasteiger partial charge < -0.3 is 4.90 Å². The fourth-order valence-corrected chi connectivity index (χ4v) is 4.10. The maximum Gasteiger partial charge on any atom is 0.238 e. The van der Waals surface area contributed by atoms with E-state index in [1.165, 1.54) is 6.42 Å². The molecule has 2 heterocycles. The van der Waals surface area contributed by atoms with E-state index in [4.69, 9.17) is 11.6 Å². The zero-order valence-corrected chi connectivity index (χ0v) is 12.0. The van der Waals surface area contributed by atoms with E-state index in [9.17, 15) is 4.79 Å². The molecule has 2 rings (SSSR count). The second-order valence-electron chi connectivity index (χ2n) is 5.01. The van der Waals surface area contributed by atoms with Crippen LogP contribution in [-0.4, -0.2) is 64.8 Å². The van der Waals surface area contributed by atoms with E-state index in [-0.39, 0.29) is 4.75 Å². The molecule has 1 atom stereocenters. The lowest BCUT2D eigenvalue weighted by atomic mass is 10.0. The Morgan fingerprint density at radius 2 is 2.06 bits per heavy atom. The van der Waals surface area contributed by atoms with Gasteiger partial charge in [0.05, 0.1) is 4.75 Å². The molecule has 2 aliphatic rings. The van der Waals surface area contributed by atoms with Crippen LogP contribution in [0.15, 0.2) is 0 Å². The first-order valence-electron chi connectivity index (χ1n) is 6.37. The largest absolute Gasteiger partial charge is 0.339 e. The van der Waals surface area contributed by atoms with Crippen LogP contribution >= 0.6 is 23.4 Å². The number of halogens is 1. The van der Waals surface area contributed by atoms with Crippen molar-refractivity contribution in [2.75, 3.05) is 44.4 Å². The Labute approximate surface area is 113 Å². The highest BCUT2D eigenvalue weighted by Gasteiger charge is 2.40. The number of amides is 1. The van der Waals surface area contributed by atoms with Crippen molar-refractivity contribution in [2.24, 2.45) is 0 Å². The molecule has 1 amide bonds. The van der Waals surface area contributed by atoms with Crippen LogP contribution in [0.2, 0.25) is 0 Å². The summed E-state index contributed by atoms with van der Waals surface area (Å²) in [4.78, 5) is 16.8. The minimum atomic E-state index is -0.144. The van der Waals surface area contributed by atoms with Crippen molar-refractivity contribution < 1.29 is 4.79 Å². The number of piperazine rings is 1. The molecule has 2 saturated heterocycles. The Hall–Kier alpha value is 0.0700. The summed E-state index contributed by atoms with van der Waals surface area (Å²) in [5.41, 5.74) is 0. The number of alkyl halides is 1. The number of hydrogen-bond donors (Lipinski definition) is 0. The fraction of sp³-hybridized carbons (Fsp3) is 0.917. The van der Waals surface area contributed by atoms with Gasteiger partial charge >= 0.3 is 0 Å². The van der Waals surface area contributed by atoms with Gasteiger partial charge in [0, 0.05) is 38.6 Å². The molecule has 17 heavy (non-hydrogen) atoms. The van der Waals surface area contributed by atoms with Gasteiger partial charge in [-0.3, -0.25) is 9.69 Å². The Bertz CT molecular complexity index is 274. The van der Waals surface area contributed by atoms with Crippen LogP contribution in [0.5, 0.6) is 0 Å². The Balaban J connectivity index is 1.86. The highest BCUT2D eigenvalue weighted by Crippen LogP contribution is 2.39. The van der Waals surface area contributed by atoms with Gasteiger partial charge in [-0.05, 0) is 25.5 Å². The van der Waals surface area contributed by atoms with Crippen LogP contribution in [0, 0.1) is 0 Å². The summed E-state index contributed by atoms with van der Waals surface area (Å²) >= 11 is 7.57. The Kier molecular flexibility index (Phi) is 4.61. The minimum absolute atomic E-state index is 0.144. The third kappa shape index (κ3) is 3.09. The molecule has 0 saturated carbocycles. The van der Waals surface area contributed by atoms with Gasteiger partial charge in [-0.2, -0.15) is 0 Å². The molecule has 98 valence electrons. The SMILES string of the molecule is CC1(C(=O)N2CCN(CCCl)CC2)CCCS1. The van der Waals surface area contributed by atoms with Crippen molar-refractivity contribution in [1.29, 1.82) is 0 Å². The van der Waals surface area contributed by atoms with Crippen LogP contribution in [0.3, 0.4) is 0 Å². The molecule has 0 aromatic heterocycles. The smallest absolute Gasteiger partial charge is 0.238 e. The first kappa shape index (κ1) is 13.5. The van der Waals surface area contributed by atoms with E-state index in [1.807, 2.05) is 16.7 Å². The van der Waals surface area contributed by atoms with E-state index >= 15 is 0 Å². The quantitative estimate of drug-likeness (QED) is 0.733. The zero-order valence-electron chi connectivity index (χ0n) is 10.5. The molecule has 0 aliphatic carbocycles. The lowest BCUT2D eigenvalue weighted by Crippen LogP contribution is -2.53. The molecule has 5 heteroatoms. The van der Waals surface area contributed by atoms with E-state index in [0.29, 0.717) is 11.8 Å². The fourth-order valence-electron chi connectivity index (χ4n) is 2.58. The average molecular weight is 277 g/mol. The van der Waals surface area contributed by atoms with Gasteiger partial charge in [0.15, 0.2) is 0 Å². The molecule has 0 spiro atoms. The summed E-state index contributed by atoms with van der Waals surface area (Å²) in [5.74, 6) is 2.17. The van der Waals surface area contributed by atoms with Crippen molar-refractivity contribution >= 4 is 29.3 Å². The standard InChI is InChI=1S/C12H21ClN2OS/c1-12(3-2-10-17-12)11(16)15-8-6-14(5-4-13)7-9-15/h2-10H2,1H3. The number of hydrogen-bond acceptors (Lipinski definition) is 3. The molecule has 0 radical (unpaired) electrons. The number of carbonyl (C=O) groups is 1. The Morgan fingerprint density at radius 3 is 2.59 bits per heavy atom. The molecule has 1 unspecified atom stereocenters. The molecule has 3 nitrogen and oxygen atoms in total. The number of rotatable bonds is 3. The molecule has 0 aromatic carbocycles. The van der Waals surface area contributed by atoms with Gasteiger partial charge in [-0.1, -0.05) is 0 Å². The monoisotopic (exact) mass is 276 g/mol. The number of thioether (sulfide) groups is 1. The van der Waals surface area contributed by atoms with Gasteiger partial charge in [-0.15, -0.1) is 23.4 Å². The van der Waals surface area contributed by atoms with Crippen LogP contribution in [-0.2, 0) is 4.79 Å². The van der Waals surface area contributed by atoms with Crippen LogP contribution in [0.25, 0.3) is 0 Å². The van der Waals surface area contributed by atoms with E-state index in [1.54, 1.807) is 0 Å². The predicted molar refractivity (Wildman–Crippen MR) is 73.8 cm³/mol. The molecule has 0 N–H and O–H groups in total. The first-order valence-corrected chi connectivity index (χ1v) is 7.89. The molecule has 0 aromatic rings. The normalized spacial score (nSPS) is 30.8. The van der Waals surface area contributed by atoms with Crippen molar-refractivity contribution in [1.82, 2.24) is 9.80 Å². The van der Waals surface area contributed by atoms with E-state index in [0.717, 1.165) is 44.9 Å². The maximum absolute atomic E-state index is 12.4. The highest BCUT2D eigenvalue weighted by molar-refractivity contribution is 8.01. The third-order valence-corrected chi connectivity index (χ3v) is 5.41. The van der Waals surface area contributed by atoms with E-state index in [2.05, 4.69) is 11.8 Å². The molecule has 2 fully saturated rings. The van der Waals surface area contributed by atoms with Crippen molar-refractivity contribution in [2.45, 2.75) is 24.5 Å². The topological polar surface area (TPSA) is 23.6 Å². The van der Waals surface area contributed by atoms with Crippen molar-refractivity contribution in [3.05, 3.63) is 0 Å². The molecule has 0 bridgehead atoms. The van der Waals surface area contributed by atoms with Gasteiger partial charge in [0.1, 0.15) is 0 Å². The summed E-state index contributed by atoms with van der Waals surface area (Å²) in [5, 5.41) is 0. The molecule has 2 aliphatic heterocycles. The Morgan fingerprint density at radius 1 is 1.35 bits per heavy atom. The summed E-state index contributed by atoms with van der Waals surface area (Å²) in [6.45, 7) is 6.73. The molecular weight excluding hydrogens is 256 g/mol. The summed E-state index contributed by atoms with van der Waals surface area (Å²) in [6, 6.07) is 0. The lowest BCUT2D eigenvalue weighted by molar-refractivity contribution is -0.135. The summed E-state index contributed by atoms with van der Waals surface area (Å²) in [6.07, 6.45) is 2.22. The highest BCUT2D eigenvalue weighted by atomic mass is 35.5. The minimum Gasteiger partial charge on any atom is -0.339 e. The number of carbonyl (C=O) groups excluding carboxylic acids is 1. The van der Waals surface area contributed by atoms with Gasteiger partial charge in [0.2, 0.25) is 5.91 Å². The van der Waals surface area contributed by atoms with Crippen LogP contribution in [0.1, 0.15) is 19.8 Å². The average Bonchev–Trinajstić information content (AvgIpc) is 2.78. The lowest BCUT2D eigenvalue weighted by Gasteiger charge is -2.38. The van der Waals surface area contributed by atoms with Crippen LogP contribution < -0.4 is 0 Å². The zero-order chi connectivity index (χ0) is 12.3. The van der Waals surface area contributed by atoms with Crippen LogP contribution in [0.4, 0.5) is 0 Å². The summed E-state index contributed by atoms with van der Waals surface area (Å²) < 4.78 is -0.144. The molecular formula is C12H21ClN2OS. The predicted octanol–water partition coefficient (Wildman–Crippen LogP) is 1.66. The van der Waals surface area contributed by atoms with E-state index < -0.39 is 0 Å². The van der Waals surface area contributed by atoms with Gasteiger partial charge in [-0.25, -0.2) is 0 Å². The van der Waals surface area contributed by atoms with Crippen molar-refractivity contribution in [3.63, 3.8) is 0 Å². The summed E-state index contributed by atoms with van der Waals surface area (Å²) in [7, 11) is 0. The first-order chi connectivity index (χ1) is 8.15. The van der Waals surface area contributed by atoms with Crippen molar-refractivity contribution in [3.8, 4) is 0 Å². The van der Waals surface area contributed by atoms with Gasteiger partial charge in [0.25, 0.3) is 0 Å². The third-order valence-electron chi connectivity index (χ3n) is 3.73. The second kappa shape index (κ2) is 5.81. The number of nitrogens with zero attached hydrogens (tertiary/aromatic N) is 2. The second-order valence-corrected chi connectivity index (χ2v) is 6.98.